The summed E-state index contributed by atoms with van der Waals surface area (Å²) in [4.78, 5) is 22.6. The molecule has 7 heteroatoms. The topological polar surface area (TPSA) is 91.3 Å². The minimum Gasteiger partial charge on any atom is -0.457 e. The second kappa shape index (κ2) is 7.92. The molecule has 2 N–H and O–H groups in total. The molecule has 0 spiro atoms. The molecule has 4 rings (SSSR count). The van der Waals surface area contributed by atoms with Gasteiger partial charge < -0.3 is 14.7 Å². The standard InChI is InChI=1S/C20H16N6O/c1-5-19(6-2-15(1)23-11-17-9-21-13-25-17)27-20-7-3-16(4-8-20)24-12-18-10-22-14-26-18/h1-14H,(H,21,25)(H,22,26). The molecule has 0 fully saturated rings. The van der Waals surface area contributed by atoms with E-state index in [-0.39, 0.29) is 0 Å². The molecule has 0 radical (unpaired) electrons. The molecule has 0 bridgehead atoms. The molecule has 0 unspecified atom stereocenters. The normalized spacial score (nSPS) is 11.4. The average Bonchev–Trinajstić information content (AvgIpc) is 3.41. The Labute approximate surface area is 155 Å². The molecule has 2 heterocycles. The van der Waals surface area contributed by atoms with Crippen LogP contribution < -0.4 is 4.74 Å². The molecule has 0 saturated heterocycles. The number of nitrogens with one attached hydrogen (secondary N) is 2. The summed E-state index contributed by atoms with van der Waals surface area (Å²) in [5.41, 5.74) is 3.37. The highest BCUT2D eigenvalue weighted by Crippen LogP contribution is 2.25. The summed E-state index contributed by atoms with van der Waals surface area (Å²) in [5, 5.41) is 0. The highest BCUT2D eigenvalue weighted by molar-refractivity contribution is 5.79. The van der Waals surface area contributed by atoms with Crippen molar-refractivity contribution in [2.75, 3.05) is 0 Å². The highest BCUT2D eigenvalue weighted by Gasteiger charge is 1.99. The van der Waals surface area contributed by atoms with Crippen molar-refractivity contribution in [1.82, 2.24) is 19.9 Å². The van der Waals surface area contributed by atoms with Crippen molar-refractivity contribution in [3.63, 3.8) is 0 Å². The van der Waals surface area contributed by atoms with Gasteiger partial charge in [0.15, 0.2) is 0 Å². The fraction of sp³-hybridized carbons (Fsp3) is 0. The van der Waals surface area contributed by atoms with Crippen molar-refractivity contribution >= 4 is 23.8 Å². The number of hydrogen-bond acceptors (Lipinski definition) is 5. The third-order valence-corrected chi connectivity index (χ3v) is 3.65. The van der Waals surface area contributed by atoms with Crippen LogP contribution >= 0.6 is 0 Å². The summed E-state index contributed by atoms with van der Waals surface area (Å²) in [6, 6.07) is 15.1. The van der Waals surface area contributed by atoms with Crippen LogP contribution in [-0.2, 0) is 0 Å². The first-order valence-electron chi connectivity index (χ1n) is 8.28. The Morgan fingerprint density at radius 3 is 1.48 bits per heavy atom. The monoisotopic (exact) mass is 356 g/mol. The van der Waals surface area contributed by atoms with Gasteiger partial charge in [-0.3, -0.25) is 9.98 Å². The summed E-state index contributed by atoms with van der Waals surface area (Å²) in [6.07, 6.45) is 10.1. The van der Waals surface area contributed by atoms with Crippen LogP contribution in [0.2, 0.25) is 0 Å². The number of nitrogens with zero attached hydrogens (tertiary/aromatic N) is 4. The third-order valence-electron chi connectivity index (χ3n) is 3.65. The molecule has 2 aromatic carbocycles. The second-order valence-electron chi connectivity index (χ2n) is 5.62. The number of rotatable bonds is 6. The molecule has 132 valence electrons. The fourth-order valence-corrected chi connectivity index (χ4v) is 2.30. The van der Waals surface area contributed by atoms with Gasteiger partial charge in [0, 0.05) is 0 Å². The van der Waals surface area contributed by atoms with E-state index < -0.39 is 0 Å². The van der Waals surface area contributed by atoms with Crippen LogP contribution in [0.1, 0.15) is 11.4 Å². The molecular weight excluding hydrogens is 340 g/mol. The van der Waals surface area contributed by atoms with Crippen molar-refractivity contribution in [3.8, 4) is 11.5 Å². The first-order valence-corrected chi connectivity index (χ1v) is 8.28. The summed E-state index contributed by atoms with van der Waals surface area (Å²) < 4.78 is 5.85. The highest BCUT2D eigenvalue weighted by atomic mass is 16.5. The SMILES string of the molecule is C(=Nc1ccc(Oc2ccc(N=Cc3cnc[nH]3)cc2)cc1)c1cnc[nH]1. The van der Waals surface area contributed by atoms with E-state index in [4.69, 9.17) is 4.74 Å². The van der Waals surface area contributed by atoms with E-state index in [9.17, 15) is 0 Å². The van der Waals surface area contributed by atoms with E-state index in [1.54, 1.807) is 37.5 Å². The van der Waals surface area contributed by atoms with Crippen molar-refractivity contribution in [2.24, 2.45) is 9.98 Å². The van der Waals surface area contributed by atoms with E-state index in [0.717, 1.165) is 34.3 Å². The summed E-state index contributed by atoms with van der Waals surface area (Å²) in [5.74, 6) is 1.48. The first kappa shape index (κ1) is 16.5. The zero-order chi connectivity index (χ0) is 18.3. The Balaban J connectivity index is 1.37. The lowest BCUT2D eigenvalue weighted by Crippen LogP contribution is -1.83. The number of aliphatic imine (C=N–C) groups is 2. The maximum absolute atomic E-state index is 5.85. The number of imidazole rings is 2. The van der Waals surface area contributed by atoms with Crippen LogP contribution in [0.25, 0.3) is 0 Å². The van der Waals surface area contributed by atoms with Gasteiger partial charge >= 0.3 is 0 Å². The zero-order valence-corrected chi connectivity index (χ0v) is 14.3. The Bertz CT molecular complexity index is 932. The second-order valence-corrected chi connectivity index (χ2v) is 5.62. The molecule has 0 amide bonds. The van der Waals surface area contributed by atoms with E-state index in [1.807, 2.05) is 48.5 Å². The van der Waals surface area contributed by atoms with Crippen LogP contribution in [0.4, 0.5) is 11.4 Å². The summed E-state index contributed by atoms with van der Waals surface area (Å²) in [6.45, 7) is 0. The number of benzene rings is 2. The van der Waals surface area contributed by atoms with Crippen LogP contribution in [0, 0.1) is 0 Å². The molecule has 0 aliphatic rings. The largest absolute Gasteiger partial charge is 0.457 e. The van der Waals surface area contributed by atoms with Crippen molar-refractivity contribution in [2.45, 2.75) is 0 Å². The molecule has 27 heavy (non-hydrogen) atoms. The predicted octanol–water partition coefficient (Wildman–Crippen LogP) is 4.43. The molecule has 0 atom stereocenters. The quantitative estimate of drug-likeness (QED) is 0.501. The summed E-state index contributed by atoms with van der Waals surface area (Å²) >= 11 is 0. The van der Waals surface area contributed by atoms with E-state index in [0.29, 0.717) is 0 Å². The first-order chi connectivity index (χ1) is 13.3. The lowest BCUT2D eigenvalue weighted by atomic mass is 10.3. The van der Waals surface area contributed by atoms with Gasteiger partial charge in [0.2, 0.25) is 0 Å². The molecule has 2 aromatic heterocycles. The van der Waals surface area contributed by atoms with Crippen LogP contribution in [-0.4, -0.2) is 32.4 Å². The average molecular weight is 356 g/mol. The Hall–Kier alpha value is -4.00. The Morgan fingerprint density at radius 2 is 1.11 bits per heavy atom. The predicted molar refractivity (Wildman–Crippen MR) is 105 cm³/mol. The van der Waals surface area contributed by atoms with E-state index in [1.165, 1.54) is 0 Å². The third kappa shape index (κ3) is 4.55. The molecular formula is C20H16N6O. The molecule has 7 nitrogen and oxygen atoms in total. The van der Waals surface area contributed by atoms with E-state index >= 15 is 0 Å². The van der Waals surface area contributed by atoms with Crippen LogP contribution in [0.3, 0.4) is 0 Å². The Kier molecular flexibility index (Phi) is 4.83. The van der Waals surface area contributed by atoms with Gasteiger partial charge in [0.1, 0.15) is 11.5 Å². The van der Waals surface area contributed by atoms with Crippen LogP contribution in [0.15, 0.2) is 83.6 Å². The van der Waals surface area contributed by atoms with Gasteiger partial charge in [-0.15, -0.1) is 0 Å². The van der Waals surface area contributed by atoms with E-state index in [2.05, 4.69) is 29.9 Å². The Morgan fingerprint density at radius 1 is 0.667 bits per heavy atom. The smallest absolute Gasteiger partial charge is 0.127 e. The lowest BCUT2D eigenvalue weighted by Gasteiger charge is -2.06. The van der Waals surface area contributed by atoms with Gasteiger partial charge in [-0.25, -0.2) is 9.97 Å². The van der Waals surface area contributed by atoms with Crippen molar-refractivity contribution < 1.29 is 4.74 Å². The van der Waals surface area contributed by atoms with Crippen LogP contribution in [0.5, 0.6) is 11.5 Å². The van der Waals surface area contributed by atoms with Crippen molar-refractivity contribution in [3.05, 3.63) is 85.0 Å². The maximum Gasteiger partial charge on any atom is 0.127 e. The van der Waals surface area contributed by atoms with Gasteiger partial charge in [-0.1, -0.05) is 0 Å². The molecule has 0 saturated carbocycles. The molecule has 0 aliphatic heterocycles. The van der Waals surface area contributed by atoms with Crippen molar-refractivity contribution in [1.29, 1.82) is 0 Å². The lowest BCUT2D eigenvalue weighted by molar-refractivity contribution is 0.483. The number of H-pyrrole nitrogens is 2. The van der Waals surface area contributed by atoms with Gasteiger partial charge in [0.05, 0.1) is 60.2 Å². The number of aromatic amines is 2. The van der Waals surface area contributed by atoms with Gasteiger partial charge in [-0.05, 0) is 48.5 Å². The minimum atomic E-state index is 0.740. The summed E-state index contributed by atoms with van der Waals surface area (Å²) in [7, 11) is 0. The number of ether oxygens (including phenoxy) is 1. The molecule has 0 aliphatic carbocycles. The number of hydrogen-bond donors (Lipinski definition) is 2. The fourth-order valence-electron chi connectivity index (χ4n) is 2.30. The maximum atomic E-state index is 5.85. The minimum absolute atomic E-state index is 0.740. The van der Waals surface area contributed by atoms with Gasteiger partial charge in [0.25, 0.3) is 0 Å². The van der Waals surface area contributed by atoms with Gasteiger partial charge in [-0.2, -0.15) is 0 Å². The zero-order valence-electron chi connectivity index (χ0n) is 14.3. The number of aromatic nitrogens is 4. The molecule has 4 aromatic rings.